The minimum absolute atomic E-state index is 0.0854. The predicted octanol–water partition coefficient (Wildman–Crippen LogP) is 6.50. The molecule has 29 heavy (non-hydrogen) atoms. The number of benzene rings is 1. The number of ether oxygens (including phenoxy) is 1. The highest BCUT2D eigenvalue weighted by Gasteiger charge is 2.13. The van der Waals surface area contributed by atoms with E-state index in [4.69, 9.17) is 9.84 Å². The Kier molecular flexibility index (Phi) is 15.4. The van der Waals surface area contributed by atoms with Gasteiger partial charge in [0.2, 0.25) is 0 Å². The lowest BCUT2D eigenvalue weighted by Crippen LogP contribution is -2.17. The number of carboxylic acids is 1. The van der Waals surface area contributed by atoms with Crippen LogP contribution in [0, 0.1) is 0 Å². The molecule has 0 heterocycles. The molecule has 0 aromatic heterocycles. The topological polar surface area (TPSA) is 66.8 Å². The largest absolute Gasteiger partial charge is 0.481 e. The van der Waals surface area contributed by atoms with E-state index in [2.05, 4.69) is 0 Å². The summed E-state index contributed by atoms with van der Waals surface area (Å²) in [5.74, 6) is -0.785. The number of hydrogen-bond donors (Lipinski definition) is 2. The maximum Gasteiger partial charge on any atom is 0.305 e. The van der Waals surface area contributed by atoms with Crippen LogP contribution in [0.1, 0.15) is 102 Å². The van der Waals surface area contributed by atoms with Gasteiger partial charge in [-0.3, -0.25) is 4.79 Å². The van der Waals surface area contributed by atoms with Gasteiger partial charge in [0.15, 0.2) is 0 Å². The second-order valence-electron chi connectivity index (χ2n) is 8.19. The van der Waals surface area contributed by atoms with Crippen LogP contribution in [0.4, 0.5) is 0 Å². The van der Waals surface area contributed by atoms with Crippen molar-refractivity contribution in [3.8, 4) is 0 Å². The van der Waals surface area contributed by atoms with Gasteiger partial charge in [-0.25, -0.2) is 0 Å². The van der Waals surface area contributed by atoms with Gasteiger partial charge >= 0.3 is 5.97 Å². The Bertz CT molecular complexity index is 503. The Labute approximate surface area is 177 Å². The first-order chi connectivity index (χ1) is 14.1. The van der Waals surface area contributed by atoms with Crippen LogP contribution in [0.2, 0.25) is 0 Å². The van der Waals surface area contributed by atoms with E-state index in [9.17, 15) is 9.90 Å². The fourth-order valence-electron chi connectivity index (χ4n) is 3.60. The molecule has 0 bridgehead atoms. The predicted molar refractivity (Wildman–Crippen MR) is 119 cm³/mol. The Balaban J connectivity index is 1.99. The summed E-state index contributed by atoms with van der Waals surface area (Å²) in [5, 5.41) is 18.6. The van der Waals surface area contributed by atoms with Crippen molar-refractivity contribution in [2.45, 2.75) is 116 Å². The summed E-state index contributed by atoms with van der Waals surface area (Å²) in [6.07, 6.45) is 14.7. The Morgan fingerprint density at radius 3 is 1.90 bits per heavy atom. The van der Waals surface area contributed by atoms with Crippen LogP contribution in [-0.2, 0) is 16.1 Å². The average Bonchev–Trinajstić information content (AvgIpc) is 2.72. The van der Waals surface area contributed by atoms with E-state index in [0.717, 1.165) is 44.1 Å². The molecular weight excluding hydrogens is 364 g/mol. The molecule has 0 saturated carbocycles. The van der Waals surface area contributed by atoms with Crippen LogP contribution in [-0.4, -0.2) is 28.4 Å². The molecule has 0 aliphatic rings. The highest BCUT2D eigenvalue weighted by atomic mass is 16.5. The Hall–Kier alpha value is -1.39. The van der Waals surface area contributed by atoms with E-state index >= 15 is 0 Å². The summed E-state index contributed by atoms with van der Waals surface area (Å²) in [4.78, 5) is 11.1. The fourth-order valence-corrected chi connectivity index (χ4v) is 3.60. The number of aliphatic carboxylic acids is 1. The zero-order valence-corrected chi connectivity index (χ0v) is 18.4. The molecule has 2 N–H and O–H groups in total. The lowest BCUT2D eigenvalue weighted by atomic mass is 10.0. The highest BCUT2D eigenvalue weighted by Crippen LogP contribution is 2.16. The van der Waals surface area contributed by atoms with Crippen molar-refractivity contribution < 1.29 is 19.7 Å². The van der Waals surface area contributed by atoms with Crippen LogP contribution in [0.15, 0.2) is 30.3 Å². The van der Waals surface area contributed by atoms with Gasteiger partial charge in [-0.05, 0) is 24.8 Å². The normalized spacial score (nSPS) is 13.3. The summed E-state index contributed by atoms with van der Waals surface area (Å²) >= 11 is 0. The molecule has 0 aliphatic carbocycles. The quantitative estimate of drug-likeness (QED) is 0.257. The van der Waals surface area contributed by atoms with Crippen molar-refractivity contribution in [3.05, 3.63) is 35.9 Å². The molecule has 0 saturated heterocycles. The number of unbranched alkanes of at least 4 members (excludes halogenated alkanes) is 9. The van der Waals surface area contributed by atoms with Crippen LogP contribution < -0.4 is 0 Å². The van der Waals surface area contributed by atoms with E-state index in [1.165, 1.54) is 44.9 Å². The molecule has 1 rings (SSSR count). The molecule has 1 aromatic rings. The van der Waals surface area contributed by atoms with Gasteiger partial charge in [0.05, 0.1) is 25.2 Å². The Morgan fingerprint density at radius 1 is 0.862 bits per heavy atom. The summed E-state index contributed by atoms with van der Waals surface area (Å²) in [6, 6.07) is 9.93. The number of aliphatic hydroxyl groups excluding tert-OH is 1. The van der Waals surface area contributed by atoms with Crippen molar-refractivity contribution in [2.24, 2.45) is 0 Å². The second-order valence-corrected chi connectivity index (χ2v) is 8.19. The zero-order valence-electron chi connectivity index (χ0n) is 18.4. The minimum atomic E-state index is -0.785. The van der Waals surface area contributed by atoms with E-state index in [0.29, 0.717) is 6.61 Å². The smallest absolute Gasteiger partial charge is 0.305 e. The second kappa shape index (κ2) is 17.5. The van der Waals surface area contributed by atoms with Crippen LogP contribution in [0.5, 0.6) is 0 Å². The molecule has 4 nitrogen and oxygen atoms in total. The lowest BCUT2D eigenvalue weighted by molar-refractivity contribution is -0.140. The van der Waals surface area contributed by atoms with Crippen molar-refractivity contribution in [1.29, 1.82) is 0 Å². The molecule has 2 atom stereocenters. The summed E-state index contributed by atoms with van der Waals surface area (Å²) < 4.78 is 5.86. The zero-order chi connectivity index (χ0) is 21.2. The monoisotopic (exact) mass is 406 g/mol. The van der Waals surface area contributed by atoms with Crippen LogP contribution in [0.3, 0.4) is 0 Å². The Morgan fingerprint density at radius 2 is 1.38 bits per heavy atom. The third-order valence-corrected chi connectivity index (χ3v) is 5.52. The van der Waals surface area contributed by atoms with Gasteiger partial charge in [0.1, 0.15) is 0 Å². The molecule has 4 heteroatoms. The molecule has 1 aromatic carbocycles. The third-order valence-electron chi connectivity index (χ3n) is 5.52. The van der Waals surface area contributed by atoms with E-state index in [-0.39, 0.29) is 18.6 Å². The third kappa shape index (κ3) is 15.2. The minimum Gasteiger partial charge on any atom is -0.481 e. The van der Waals surface area contributed by atoms with E-state index in [1.54, 1.807) is 0 Å². The van der Waals surface area contributed by atoms with Gasteiger partial charge in [0.25, 0.3) is 0 Å². The number of aliphatic hydroxyl groups is 1. The summed E-state index contributed by atoms with van der Waals surface area (Å²) in [5.41, 5.74) is 1.09. The maximum atomic E-state index is 11.1. The first kappa shape index (κ1) is 25.6. The molecule has 166 valence electrons. The number of carboxylic acid groups (broad SMARTS) is 1. The summed E-state index contributed by atoms with van der Waals surface area (Å²) in [6.45, 7) is 2.52. The van der Waals surface area contributed by atoms with Gasteiger partial charge in [-0.15, -0.1) is 0 Å². The van der Waals surface area contributed by atoms with Crippen LogP contribution in [0.25, 0.3) is 0 Å². The molecule has 0 aliphatic heterocycles. The first-order valence-electron chi connectivity index (χ1n) is 11.7. The standard InChI is InChI=1S/C25H42O4/c1-2-23(26)18-14-9-7-5-3-4-6-8-10-15-19-24(20-25(27)28)29-21-22-16-12-11-13-17-22/h11-13,16-17,23-24,26H,2-10,14-15,18-21H2,1H3,(H,27,28). The van der Waals surface area contributed by atoms with Crippen molar-refractivity contribution in [3.63, 3.8) is 0 Å². The molecule has 2 unspecified atom stereocenters. The van der Waals surface area contributed by atoms with Crippen molar-refractivity contribution in [1.82, 2.24) is 0 Å². The van der Waals surface area contributed by atoms with Gasteiger partial charge in [-0.1, -0.05) is 101 Å². The SMILES string of the molecule is CCC(O)CCCCCCCCCCCCC(CC(=O)O)OCc1ccccc1. The van der Waals surface area contributed by atoms with Crippen molar-refractivity contribution in [2.75, 3.05) is 0 Å². The van der Waals surface area contributed by atoms with Gasteiger partial charge < -0.3 is 14.9 Å². The van der Waals surface area contributed by atoms with Crippen LogP contribution >= 0.6 is 0 Å². The number of hydrogen-bond acceptors (Lipinski definition) is 3. The maximum absolute atomic E-state index is 11.1. The highest BCUT2D eigenvalue weighted by molar-refractivity contribution is 5.67. The average molecular weight is 407 g/mol. The van der Waals surface area contributed by atoms with E-state index in [1.807, 2.05) is 37.3 Å². The number of carbonyl (C=O) groups is 1. The number of rotatable bonds is 19. The fraction of sp³-hybridized carbons (Fsp3) is 0.720. The molecule has 0 radical (unpaired) electrons. The molecular formula is C25H42O4. The lowest BCUT2D eigenvalue weighted by Gasteiger charge is -2.16. The van der Waals surface area contributed by atoms with Gasteiger partial charge in [0, 0.05) is 0 Å². The first-order valence-corrected chi connectivity index (χ1v) is 11.7. The van der Waals surface area contributed by atoms with Gasteiger partial charge in [-0.2, -0.15) is 0 Å². The molecule has 0 spiro atoms. The van der Waals surface area contributed by atoms with E-state index < -0.39 is 5.97 Å². The van der Waals surface area contributed by atoms with Crippen molar-refractivity contribution >= 4 is 5.97 Å². The molecule has 0 amide bonds. The summed E-state index contributed by atoms with van der Waals surface area (Å²) in [7, 11) is 0. The molecule has 0 fully saturated rings.